The van der Waals surface area contributed by atoms with Crippen molar-refractivity contribution in [2.75, 3.05) is 10.6 Å². The Bertz CT molecular complexity index is 1530. The highest BCUT2D eigenvalue weighted by Gasteiger charge is 2.73. The average molecular weight is 672 g/mol. The highest BCUT2D eigenvalue weighted by atomic mass is 79.9. The molecule has 0 saturated heterocycles. The van der Waals surface area contributed by atoms with Gasteiger partial charge in [0.25, 0.3) is 11.8 Å². The van der Waals surface area contributed by atoms with Crippen LogP contribution in [-0.2, 0) is 5.67 Å². The molecule has 6 nitrogen and oxygen atoms in total. The Labute approximate surface area is 237 Å². The zero-order chi connectivity index (χ0) is 31.7. The summed E-state index contributed by atoms with van der Waals surface area (Å²) in [5.74, 6) is -3.72. The monoisotopic (exact) mass is 671 g/mol. The molecule has 0 fully saturated rings. The first-order chi connectivity index (χ1) is 19.3. The van der Waals surface area contributed by atoms with Crippen LogP contribution >= 0.6 is 15.9 Å². The third kappa shape index (κ3) is 6.93. The molecule has 0 unspecified atom stereocenters. The number of halogens is 11. The largest absolute Gasteiger partial charge is 0.573 e. The molecule has 222 valence electrons. The van der Waals surface area contributed by atoms with Crippen molar-refractivity contribution < 1.29 is 58.2 Å². The molecule has 0 aromatic heterocycles. The number of carbonyl (C=O) groups is 2. The Morgan fingerprint density at radius 2 is 1.33 bits per heavy atom. The quantitative estimate of drug-likeness (QED) is 0.260. The molecule has 17 heteroatoms. The average Bonchev–Trinajstić information content (AvgIpc) is 2.87. The van der Waals surface area contributed by atoms with E-state index in [1.165, 1.54) is 36.4 Å². The zero-order valence-electron chi connectivity index (χ0n) is 20.1. The first kappa shape index (κ1) is 32.2. The second-order valence-corrected chi connectivity index (χ2v) is 9.07. The van der Waals surface area contributed by atoms with Crippen LogP contribution in [0.4, 0.5) is 55.3 Å². The van der Waals surface area contributed by atoms with Crippen LogP contribution < -0.4 is 15.4 Å². The summed E-state index contributed by atoms with van der Waals surface area (Å²) in [6.45, 7) is 0. The third-order valence-corrected chi connectivity index (χ3v) is 5.98. The van der Waals surface area contributed by atoms with Crippen LogP contribution in [-0.4, -0.2) is 30.5 Å². The number of carbonyl (C=O) groups excluding carboxylic acids is 2. The lowest BCUT2D eigenvalue weighted by Gasteiger charge is -2.31. The third-order valence-electron chi connectivity index (χ3n) is 5.36. The lowest BCUT2D eigenvalue weighted by Crippen LogP contribution is -2.50. The van der Waals surface area contributed by atoms with Crippen molar-refractivity contribution in [1.82, 2.24) is 0 Å². The van der Waals surface area contributed by atoms with Crippen molar-refractivity contribution in [3.05, 3.63) is 87.4 Å². The Kier molecular flexibility index (Phi) is 8.82. The van der Waals surface area contributed by atoms with Crippen molar-refractivity contribution in [1.29, 1.82) is 5.26 Å². The highest BCUT2D eigenvalue weighted by Crippen LogP contribution is 2.55. The Hall–Kier alpha value is -4.33. The number of nitrogens with zero attached hydrogens (tertiary/aromatic N) is 1. The molecule has 0 atom stereocenters. The summed E-state index contributed by atoms with van der Waals surface area (Å²) >= 11 is 2.48. The Morgan fingerprint density at radius 1 is 0.762 bits per heavy atom. The maximum absolute atomic E-state index is 14.6. The van der Waals surface area contributed by atoms with Crippen LogP contribution in [0, 0.1) is 11.3 Å². The van der Waals surface area contributed by atoms with Crippen molar-refractivity contribution in [3.8, 4) is 11.8 Å². The van der Waals surface area contributed by atoms with Crippen LogP contribution in [0.1, 0.15) is 31.8 Å². The van der Waals surface area contributed by atoms with E-state index in [1.807, 2.05) is 11.4 Å². The summed E-state index contributed by atoms with van der Waals surface area (Å²) in [6, 6.07) is 11.4. The summed E-state index contributed by atoms with van der Waals surface area (Å²) in [5.41, 5.74) is -9.45. The standard InChI is InChI=1S/C25H12BrF10N3O3/c26-17-9-15(22(27,23(28,29)30)24(31,32)33)10-18(42-25(34,35)36)19(17)39-21(41)14-2-1-3-16(8-14)38-20(40)13-6-4-12(11-37)5-7-13/h1-10H,(H,38,40)(H,39,41). The topological polar surface area (TPSA) is 91.2 Å². The maximum atomic E-state index is 14.6. The van der Waals surface area contributed by atoms with E-state index >= 15 is 0 Å². The number of rotatable bonds is 6. The predicted molar refractivity (Wildman–Crippen MR) is 129 cm³/mol. The number of hydrogen-bond acceptors (Lipinski definition) is 4. The molecular formula is C25H12BrF10N3O3. The number of amides is 2. The van der Waals surface area contributed by atoms with Gasteiger partial charge in [-0.15, -0.1) is 13.2 Å². The lowest BCUT2D eigenvalue weighted by molar-refractivity contribution is -0.348. The minimum absolute atomic E-state index is 0.00393. The number of ether oxygens (including phenoxy) is 1. The number of nitriles is 1. The molecule has 42 heavy (non-hydrogen) atoms. The molecule has 0 heterocycles. The second kappa shape index (κ2) is 11.5. The molecule has 0 aliphatic heterocycles. The zero-order valence-corrected chi connectivity index (χ0v) is 21.7. The van der Waals surface area contributed by atoms with Gasteiger partial charge < -0.3 is 15.4 Å². The van der Waals surface area contributed by atoms with E-state index in [0.29, 0.717) is 0 Å². The van der Waals surface area contributed by atoms with Crippen molar-refractivity contribution in [3.63, 3.8) is 0 Å². The smallest absolute Gasteiger partial charge is 0.404 e. The maximum Gasteiger partial charge on any atom is 0.573 e. The Balaban J connectivity index is 1.98. The van der Waals surface area contributed by atoms with Gasteiger partial charge in [0.05, 0.1) is 17.3 Å². The van der Waals surface area contributed by atoms with E-state index in [9.17, 15) is 53.5 Å². The van der Waals surface area contributed by atoms with Crippen LogP contribution in [0.2, 0.25) is 0 Å². The van der Waals surface area contributed by atoms with Gasteiger partial charge in [-0.3, -0.25) is 9.59 Å². The second-order valence-electron chi connectivity index (χ2n) is 8.21. The van der Waals surface area contributed by atoms with E-state index in [1.54, 1.807) is 0 Å². The van der Waals surface area contributed by atoms with Crippen molar-refractivity contribution in [2.24, 2.45) is 0 Å². The van der Waals surface area contributed by atoms with Gasteiger partial charge in [-0.05, 0) is 70.5 Å². The molecule has 0 bridgehead atoms. The number of nitrogens with one attached hydrogen (secondary N) is 2. The summed E-state index contributed by atoms with van der Waals surface area (Å²) in [5, 5.41) is 13.1. The van der Waals surface area contributed by atoms with E-state index in [4.69, 9.17) is 5.26 Å². The minimum Gasteiger partial charge on any atom is -0.404 e. The fraction of sp³-hybridized carbons (Fsp3) is 0.160. The van der Waals surface area contributed by atoms with Gasteiger partial charge in [-0.1, -0.05) is 6.07 Å². The molecule has 0 aliphatic carbocycles. The van der Waals surface area contributed by atoms with E-state index < -0.39 is 63.7 Å². The molecule has 0 saturated carbocycles. The van der Waals surface area contributed by atoms with Gasteiger partial charge in [0.15, 0.2) is 5.75 Å². The fourth-order valence-electron chi connectivity index (χ4n) is 3.42. The van der Waals surface area contributed by atoms with Crippen molar-refractivity contribution >= 4 is 39.1 Å². The SMILES string of the molecule is N#Cc1ccc(C(=O)Nc2cccc(C(=O)Nc3c(Br)cc(C(F)(C(F)(F)F)C(F)(F)F)cc3OC(F)(F)F)c2)cc1. The van der Waals surface area contributed by atoms with Gasteiger partial charge in [0, 0.05) is 26.9 Å². The molecular weight excluding hydrogens is 660 g/mol. The summed E-state index contributed by atoms with van der Waals surface area (Å²) < 4.78 is 135. The fourth-order valence-corrected chi connectivity index (χ4v) is 3.96. The molecule has 0 radical (unpaired) electrons. The molecule has 0 spiro atoms. The predicted octanol–water partition coefficient (Wildman–Crippen LogP) is 8.01. The van der Waals surface area contributed by atoms with Crippen LogP contribution in [0.5, 0.6) is 5.75 Å². The molecule has 0 aliphatic rings. The summed E-state index contributed by atoms with van der Waals surface area (Å²) in [6.07, 6.45) is -19.0. The normalized spacial score (nSPS) is 12.3. The molecule has 2 amide bonds. The van der Waals surface area contributed by atoms with E-state index in [0.717, 1.165) is 12.1 Å². The molecule has 3 aromatic rings. The van der Waals surface area contributed by atoms with Gasteiger partial charge in [0.2, 0.25) is 0 Å². The number of benzene rings is 3. The Morgan fingerprint density at radius 3 is 1.86 bits per heavy atom. The molecule has 3 aromatic carbocycles. The first-order valence-electron chi connectivity index (χ1n) is 10.9. The van der Waals surface area contributed by atoms with E-state index in [2.05, 4.69) is 26.0 Å². The number of hydrogen-bond donors (Lipinski definition) is 2. The van der Waals surface area contributed by atoms with Crippen LogP contribution in [0.15, 0.2) is 65.1 Å². The van der Waals surface area contributed by atoms with Gasteiger partial charge in [0.1, 0.15) is 0 Å². The molecule has 3 rings (SSSR count). The van der Waals surface area contributed by atoms with Gasteiger partial charge in [-0.2, -0.15) is 31.6 Å². The number of anilines is 2. The van der Waals surface area contributed by atoms with Gasteiger partial charge >= 0.3 is 24.4 Å². The van der Waals surface area contributed by atoms with Crippen LogP contribution in [0.3, 0.4) is 0 Å². The van der Waals surface area contributed by atoms with Crippen molar-refractivity contribution in [2.45, 2.75) is 24.4 Å². The van der Waals surface area contributed by atoms with Gasteiger partial charge in [-0.25, -0.2) is 4.39 Å². The summed E-state index contributed by atoms with van der Waals surface area (Å²) in [7, 11) is 0. The minimum atomic E-state index is -6.65. The van der Waals surface area contributed by atoms with E-state index in [-0.39, 0.29) is 28.4 Å². The first-order valence-corrected chi connectivity index (χ1v) is 11.7. The molecule has 2 N–H and O–H groups in total. The van der Waals surface area contributed by atoms with Crippen LogP contribution in [0.25, 0.3) is 0 Å². The lowest BCUT2D eigenvalue weighted by atomic mass is 9.93. The number of alkyl halides is 10. The highest BCUT2D eigenvalue weighted by molar-refractivity contribution is 9.10. The summed E-state index contributed by atoms with van der Waals surface area (Å²) in [4.78, 5) is 25.3.